The number of ether oxygens (including phenoxy) is 2. The highest BCUT2D eigenvalue weighted by Gasteiger charge is 2.29. The molecular formula is C26H31F2N7O3. The molecule has 10 nitrogen and oxygen atoms in total. The number of aliphatic hydroxyl groups is 1. The Kier molecular flexibility index (Phi) is 7.17. The number of benzene rings is 1. The van der Waals surface area contributed by atoms with Crippen LogP contribution in [0.3, 0.4) is 0 Å². The van der Waals surface area contributed by atoms with Gasteiger partial charge in [-0.2, -0.15) is 10.2 Å². The van der Waals surface area contributed by atoms with Crippen molar-refractivity contribution in [3.05, 3.63) is 41.3 Å². The van der Waals surface area contributed by atoms with Crippen LogP contribution >= 0.6 is 0 Å². The number of hydrogen-bond donors (Lipinski definition) is 2. The third-order valence-corrected chi connectivity index (χ3v) is 6.37. The van der Waals surface area contributed by atoms with Crippen molar-refractivity contribution >= 4 is 23.1 Å². The molecule has 2 N–H and O–H groups in total. The summed E-state index contributed by atoms with van der Waals surface area (Å²) in [6, 6.07) is 5.71. The van der Waals surface area contributed by atoms with E-state index in [0.29, 0.717) is 22.7 Å². The fourth-order valence-corrected chi connectivity index (χ4v) is 4.61. The average molecular weight is 528 g/mol. The summed E-state index contributed by atoms with van der Waals surface area (Å²) in [5, 5.41) is 26.9. The lowest BCUT2D eigenvalue weighted by Gasteiger charge is -2.25. The van der Waals surface area contributed by atoms with Gasteiger partial charge >= 0.3 is 0 Å². The summed E-state index contributed by atoms with van der Waals surface area (Å²) >= 11 is 0. The number of aromatic nitrogens is 6. The highest BCUT2D eigenvalue weighted by atomic mass is 19.3. The summed E-state index contributed by atoms with van der Waals surface area (Å²) in [6.07, 6.45) is 1.08. The molecule has 0 aliphatic carbocycles. The minimum atomic E-state index is -2.74. The Bertz CT molecular complexity index is 1460. The van der Waals surface area contributed by atoms with E-state index < -0.39 is 12.5 Å². The van der Waals surface area contributed by atoms with Crippen LogP contribution in [0.4, 0.5) is 8.78 Å². The van der Waals surface area contributed by atoms with Crippen LogP contribution in [0.25, 0.3) is 34.2 Å². The second-order valence-electron chi connectivity index (χ2n) is 9.66. The van der Waals surface area contributed by atoms with E-state index in [4.69, 9.17) is 9.47 Å². The molecule has 3 aromatic heterocycles. The van der Waals surface area contributed by atoms with Crippen LogP contribution in [0.5, 0.6) is 11.8 Å². The fourth-order valence-electron chi connectivity index (χ4n) is 4.61. The Morgan fingerprint density at radius 2 is 2.05 bits per heavy atom. The third-order valence-electron chi connectivity index (χ3n) is 6.37. The monoisotopic (exact) mass is 527 g/mol. The molecule has 1 aliphatic rings. The van der Waals surface area contributed by atoms with Gasteiger partial charge in [0, 0.05) is 25.5 Å². The van der Waals surface area contributed by atoms with Crippen LogP contribution in [0, 0.1) is 0 Å². The molecule has 2 bridgehead atoms. The van der Waals surface area contributed by atoms with Crippen molar-refractivity contribution < 1.29 is 23.4 Å². The molecule has 1 aromatic carbocycles. The van der Waals surface area contributed by atoms with Crippen molar-refractivity contribution in [1.29, 1.82) is 0 Å². The highest BCUT2D eigenvalue weighted by molar-refractivity contribution is 5.93. The fraction of sp³-hybridized carbons (Fsp3) is 0.423. The number of aromatic amines is 1. The topological polar surface area (TPSA) is 106 Å². The van der Waals surface area contributed by atoms with Gasteiger partial charge in [0.25, 0.3) is 6.43 Å². The van der Waals surface area contributed by atoms with E-state index in [2.05, 4.69) is 20.4 Å². The molecule has 0 fully saturated rings. The third kappa shape index (κ3) is 5.01. The maximum atomic E-state index is 14.2. The van der Waals surface area contributed by atoms with Crippen molar-refractivity contribution in [3.8, 4) is 22.9 Å². The van der Waals surface area contributed by atoms with Gasteiger partial charge in [0.05, 0.1) is 53.5 Å². The van der Waals surface area contributed by atoms with Gasteiger partial charge in [-0.15, -0.1) is 5.10 Å². The largest absolute Gasteiger partial charge is 0.473 e. The standard InChI is InChI=1S/C26H31F2N7O3/c1-15(2)37-25-17-6-8-21-18-11-16(5-7-20(18)30-31-21)19-12-29-34(4)26(19)38-23(24(27)28)14-33(3)13-22(17)35(32-25)9-10-36/h5-8,11-12,15,23-24,36H,9-10,13-14H2,1-4H3,(H,30,31)/b8-6+/t23-/m0/s1. The zero-order valence-electron chi connectivity index (χ0n) is 21.7. The number of nitrogens with zero attached hydrogens (tertiary/aromatic N) is 6. The minimum Gasteiger partial charge on any atom is -0.473 e. The van der Waals surface area contributed by atoms with E-state index in [1.54, 1.807) is 29.9 Å². The summed E-state index contributed by atoms with van der Waals surface area (Å²) in [5.41, 5.74) is 4.32. The zero-order valence-corrected chi connectivity index (χ0v) is 21.7. The molecule has 0 unspecified atom stereocenters. The summed E-state index contributed by atoms with van der Waals surface area (Å²) < 4.78 is 43.5. The van der Waals surface area contributed by atoms with E-state index >= 15 is 0 Å². The van der Waals surface area contributed by atoms with E-state index in [1.165, 1.54) is 4.68 Å². The van der Waals surface area contributed by atoms with Crippen LogP contribution < -0.4 is 9.47 Å². The second-order valence-corrected chi connectivity index (χ2v) is 9.66. The van der Waals surface area contributed by atoms with Crippen molar-refractivity contribution in [2.24, 2.45) is 7.05 Å². The van der Waals surface area contributed by atoms with E-state index in [0.717, 1.165) is 22.2 Å². The van der Waals surface area contributed by atoms with E-state index in [-0.39, 0.29) is 38.2 Å². The Hall–Kier alpha value is -3.77. The molecule has 0 radical (unpaired) electrons. The lowest BCUT2D eigenvalue weighted by molar-refractivity contribution is -0.00950. The molecule has 0 spiro atoms. The first-order valence-electron chi connectivity index (χ1n) is 12.4. The molecule has 0 amide bonds. The number of fused-ring (bicyclic) bond motifs is 4. The number of halogens is 2. The number of nitrogens with one attached hydrogen (secondary N) is 1. The van der Waals surface area contributed by atoms with Gasteiger partial charge in [-0.1, -0.05) is 6.07 Å². The first-order chi connectivity index (χ1) is 18.2. The Morgan fingerprint density at radius 1 is 1.24 bits per heavy atom. The smallest absolute Gasteiger partial charge is 0.276 e. The quantitative estimate of drug-likeness (QED) is 0.409. The van der Waals surface area contributed by atoms with Crippen molar-refractivity contribution in [2.75, 3.05) is 20.2 Å². The van der Waals surface area contributed by atoms with Gasteiger partial charge in [-0.3, -0.25) is 14.7 Å². The van der Waals surface area contributed by atoms with Crippen LogP contribution in [0.1, 0.15) is 30.8 Å². The Balaban J connectivity index is 1.70. The highest BCUT2D eigenvalue weighted by Crippen LogP contribution is 2.34. The van der Waals surface area contributed by atoms with Gasteiger partial charge in [-0.05, 0) is 50.7 Å². The normalized spacial score (nSPS) is 17.3. The predicted molar refractivity (Wildman–Crippen MR) is 139 cm³/mol. The van der Waals surface area contributed by atoms with Gasteiger partial charge in [-0.25, -0.2) is 13.5 Å². The first-order valence-corrected chi connectivity index (χ1v) is 12.4. The van der Waals surface area contributed by atoms with Gasteiger partial charge in [0.2, 0.25) is 11.8 Å². The molecule has 4 aromatic rings. The van der Waals surface area contributed by atoms with Crippen molar-refractivity contribution in [1.82, 2.24) is 34.7 Å². The molecule has 1 aliphatic heterocycles. The molecule has 0 saturated heterocycles. The summed E-state index contributed by atoms with van der Waals surface area (Å²) in [7, 11) is 3.41. The van der Waals surface area contributed by atoms with Crippen molar-refractivity contribution in [2.45, 2.75) is 45.6 Å². The zero-order chi connectivity index (χ0) is 27.0. The van der Waals surface area contributed by atoms with Crippen LogP contribution in [0.2, 0.25) is 0 Å². The molecular weight excluding hydrogens is 496 g/mol. The molecule has 5 rings (SSSR count). The van der Waals surface area contributed by atoms with Crippen LogP contribution in [0.15, 0.2) is 24.4 Å². The lowest BCUT2D eigenvalue weighted by atomic mass is 10.1. The number of aryl methyl sites for hydroxylation is 1. The molecule has 38 heavy (non-hydrogen) atoms. The number of rotatable bonds is 5. The summed E-state index contributed by atoms with van der Waals surface area (Å²) in [6.45, 7) is 4.10. The first kappa shape index (κ1) is 25.9. The van der Waals surface area contributed by atoms with Crippen molar-refractivity contribution in [3.63, 3.8) is 0 Å². The SMILES string of the molecule is CC(C)Oc1nn(CCO)c2c1/C=C/c1n[nH]c3ccc(cc13)-c1cnn(C)c1O[C@H](C(F)F)CN(C)C2. The molecule has 12 heteroatoms. The second kappa shape index (κ2) is 10.5. The Labute approximate surface area is 218 Å². The maximum Gasteiger partial charge on any atom is 0.276 e. The molecule has 4 heterocycles. The average Bonchev–Trinajstić information content (AvgIpc) is 3.52. The van der Waals surface area contributed by atoms with Gasteiger partial charge in [0.1, 0.15) is 0 Å². The summed E-state index contributed by atoms with van der Waals surface area (Å²) in [5.74, 6) is 0.662. The number of hydrogen-bond acceptors (Lipinski definition) is 7. The Morgan fingerprint density at radius 3 is 2.79 bits per heavy atom. The van der Waals surface area contributed by atoms with Crippen LogP contribution in [-0.2, 0) is 20.1 Å². The van der Waals surface area contributed by atoms with Crippen LogP contribution in [-0.4, -0.2) is 78.6 Å². The number of likely N-dealkylation sites (N-methyl/N-ethyl adjacent to an activating group) is 1. The number of H-pyrrole nitrogens is 1. The van der Waals surface area contributed by atoms with Gasteiger partial charge in [0.15, 0.2) is 6.10 Å². The van der Waals surface area contributed by atoms with E-state index in [9.17, 15) is 13.9 Å². The molecule has 202 valence electrons. The minimum absolute atomic E-state index is 0.0586. The maximum absolute atomic E-state index is 14.2. The molecule has 0 saturated carbocycles. The predicted octanol–water partition coefficient (Wildman–Crippen LogP) is 3.57. The van der Waals surface area contributed by atoms with Gasteiger partial charge < -0.3 is 14.6 Å². The molecule has 1 atom stereocenters. The number of aliphatic hydroxyl groups excluding tert-OH is 1. The number of alkyl halides is 2. The lowest BCUT2D eigenvalue weighted by Crippen LogP contribution is -2.38. The van der Waals surface area contributed by atoms with E-state index in [1.807, 2.05) is 44.2 Å². The summed E-state index contributed by atoms with van der Waals surface area (Å²) in [4.78, 5) is 1.75.